The highest BCUT2D eigenvalue weighted by Gasteiger charge is 2.52. The van der Waals surface area contributed by atoms with Crippen LogP contribution >= 0.6 is 0 Å². The summed E-state index contributed by atoms with van der Waals surface area (Å²) in [6, 6.07) is 0. The zero-order chi connectivity index (χ0) is 9.69. The van der Waals surface area contributed by atoms with Crippen molar-refractivity contribution in [1.82, 2.24) is 10.2 Å². The second kappa shape index (κ2) is 2.67. The van der Waals surface area contributed by atoms with Gasteiger partial charge in [-0.2, -0.15) is 0 Å². The van der Waals surface area contributed by atoms with Crippen LogP contribution in [0.4, 0.5) is 4.39 Å². The van der Waals surface area contributed by atoms with Crippen molar-refractivity contribution in [2.45, 2.75) is 32.0 Å². The summed E-state index contributed by atoms with van der Waals surface area (Å²) >= 11 is 0. The van der Waals surface area contributed by atoms with Crippen LogP contribution in [0.1, 0.15) is 20.8 Å². The second-order valence-corrected chi connectivity index (χ2v) is 5.41. The van der Waals surface area contributed by atoms with Crippen molar-refractivity contribution in [2.24, 2.45) is 5.92 Å². The summed E-state index contributed by atoms with van der Waals surface area (Å²) in [5.74, 6) is 0.215. The Morgan fingerprint density at radius 1 is 1.46 bits per heavy atom. The lowest BCUT2D eigenvalue weighted by Crippen LogP contribution is -2.43. The number of fused-ring (bicyclic) bond motifs is 1. The fourth-order valence-electron chi connectivity index (χ4n) is 2.35. The lowest BCUT2D eigenvalue weighted by atomic mass is 9.97. The second-order valence-electron chi connectivity index (χ2n) is 5.41. The average molecular weight is 186 g/mol. The van der Waals surface area contributed by atoms with Crippen molar-refractivity contribution in [3.8, 4) is 0 Å². The molecule has 0 amide bonds. The van der Waals surface area contributed by atoms with E-state index in [1.54, 1.807) is 0 Å². The van der Waals surface area contributed by atoms with E-state index < -0.39 is 5.67 Å². The van der Waals surface area contributed by atoms with Gasteiger partial charge in [0, 0.05) is 37.6 Å². The molecule has 1 N–H and O–H groups in total. The zero-order valence-corrected chi connectivity index (χ0v) is 8.73. The fraction of sp³-hybridized carbons (Fsp3) is 1.00. The number of rotatable bonds is 0. The summed E-state index contributed by atoms with van der Waals surface area (Å²) in [6.45, 7) is 9.38. The molecule has 2 unspecified atom stereocenters. The van der Waals surface area contributed by atoms with Gasteiger partial charge in [0.05, 0.1) is 0 Å². The quantitative estimate of drug-likeness (QED) is 0.608. The number of hydrogen-bond acceptors (Lipinski definition) is 2. The molecule has 2 fully saturated rings. The van der Waals surface area contributed by atoms with E-state index in [0.717, 1.165) is 13.1 Å². The molecule has 2 aliphatic heterocycles. The van der Waals surface area contributed by atoms with E-state index >= 15 is 0 Å². The van der Waals surface area contributed by atoms with Crippen LogP contribution in [-0.2, 0) is 0 Å². The third-order valence-electron chi connectivity index (χ3n) is 3.38. The van der Waals surface area contributed by atoms with Crippen molar-refractivity contribution >= 4 is 0 Å². The first kappa shape index (κ1) is 9.41. The molecule has 0 aromatic heterocycles. The molecule has 2 nitrogen and oxygen atoms in total. The Hall–Kier alpha value is -0.150. The van der Waals surface area contributed by atoms with Crippen molar-refractivity contribution in [3.05, 3.63) is 0 Å². The van der Waals surface area contributed by atoms with Gasteiger partial charge in [-0.25, -0.2) is 4.39 Å². The summed E-state index contributed by atoms with van der Waals surface area (Å²) in [6.07, 6.45) is 0. The van der Waals surface area contributed by atoms with Crippen LogP contribution in [0, 0.1) is 5.92 Å². The summed E-state index contributed by atoms with van der Waals surface area (Å²) in [5.41, 5.74) is -0.837. The fourth-order valence-corrected chi connectivity index (χ4v) is 2.35. The standard InChI is InChI=1S/C10H19FN2/c1-9(2,3)13-5-8-4-12-6-10(8,11)7-13/h8,12H,4-7H2,1-3H3. The first-order valence-corrected chi connectivity index (χ1v) is 5.06. The van der Waals surface area contributed by atoms with Crippen LogP contribution in [0.3, 0.4) is 0 Å². The van der Waals surface area contributed by atoms with E-state index in [0.29, 0.717) is 13.1 Å². The molecule has 2 atom stereocenters. The predicted octanol–water partition coefficient (Wildman–Crippen LogP) is 1.03. The molecule has 76 valence electrons. The molecular weight excluding hydrogens is 167 g/mol. The highest BCUT2D eigenvalue weighted by molar-refractivity contribution is 5.06. The molecule has 0 saturated carbocycles. The largest absolute Gasteiger partial charge is 0.313 e. The van der Waals surface area contributed by atoms with Gasteiger partial charge in [-0.1, -0.05) is 0 Å². The van der Waals surface area contributed by atoms with E-state index in [-0.39, 0.29) is 11.5 Å². The first-order valence-electron chi connectivity index (χ1n) is 5.06. The predicted molar refractivity (Wildman–Crippen MR) is 51.5 cm³/mol. The van der Waals surface area contributed by atoms with E-state index in [9.17, 15) is 4.39 Å². The van der Waals surface area contributed by atoms with Crippen LogP contribution in [0.2, 0.25) is 0 Å². The highest BCUT2D eigenvalue weighted by Crippen LogP contribution is 2.37. The van der Waals surface area contributed by atoms with Crippen molar-refractivity contribution in [3.63, 3.8) is 0 Å². The van der Waals surface area contributed by atoms with Gasteiger partial charge < -0.3 is 5.32 Å². The maximum absolute atomic E-state index is 14.2. The SMILES string of the molecule is CC(C)(C)N1CC2CNCC2(F)C1. The number of hydrogen-bond donors (Lipinski definition) is 1. The van der Waals surface area contributed by atoms with Crippen LogP contribution in [0.25, 0.3) is 0 Å². The number of nitrogens with zero attached hydrogens (tertiary/aromatic N) is 1. The van der Waals surface area contributed by atoms with E-state index in [4.69, 9.17) is 0 Å². The van der Waals surface area contributed by atoms with Gasteiger partial charge in [0.15, 0.2) is 0 Å². The molecule has 13 heavy (non-hydrogen) atoms. The molecule has 2 rings (SSSR count). The molecule has 2 aliphatic rings. The average Bonchev–Trinajstić information content (AvgIpc) is 2.39. The summed E-state index contributed by atoms with van der Waals surface area (Å²) in [5, 5.41) is 3.14. The van der Waals surface area contributed by atoms with Crippen molar-refractivity contribution in [2.75, 3.05) is 26.2 Å². The Balaban J connectivity index is 2.10. The van der Waals surface area contributed by atoms with Crippen molar-refractivity contribution in [1.29, 1.82) is 0 Å². The van der Waals surface area contributed by atoms with E-state index in [1.165, 1.54) is 0 Å². The van der Waals surface area contributed by atoms with Crippen LogP contribution in [-0.4, -0.2) is 42.3 Å². The molecule has 0 radical (unpaired) electrons. The minimum Gasteiger partial charge on any atom is -0.313 e. The van der Waals surface area contributed by atoms with Gasteiger partial charge in [0.2, 0.25) is 0 Å². The third-order valence-corrected chi connectivity index (χ3v) is 3.38. The number of alkyl halides is 1. The molecule has 2 saturated heterocycles. The molecule has 0 spiro atoms. The minimum absolute atomic E-state index is 0.115. The maximum Gasteiger partial charge on any atom is 0.141 e. The van der Waals surface area contributed by atoms with Gasteiger partial charge in [0.25, 0.3) is 0 Å². The normalized spacial score (nSPS) is 41.1. The third kappa shape index (κ3) is 1.48. The maximum atomic E-state index is 14.2. The Kier molecular flexibility index (Phi) is 1.93. The van der Waals surface area contributed by atoms with E-state index in [1.807, 2.05) is 0 Å². The molecule has 3 heteroatoms. The van der Waals surface area contributed by atoms with Gasteiger partial charge >= 0.3 is 0 Å². The van der Waals surface area contributed by atoms with E-state index in [2.05, 4.69) is 31.0 Å². The molecule has 0 bridgehead atoms. The minimum atomic E-state index is -0.951. The van der Waals surface area contributed by atoms with Gasteiger partial charge in [-0.15, -0.1) is 0 Å². The summed E-state index contributed by atoms with van der Waals surface area (Å²) in [7, 11) is 0. The molecule has 0 aromatic carbocycles. The molecular formula is C10H19FN2. The Bertz CT molecular complexity index is 211. The number of likely N-dealkylation sites (tertiary alicyclic amines) is 1. The number of halogens is 1. The summed E-state index contributed by atoms with van der Waals surface area (Å²) < 4.78 is 14.2. The van der Waals surface area contributed by atoms with Gasteiger partial charge in [-0.3, -0.25) is 4.90 Å². The topological polar surface area (TPSA) is 15.3 Å². The van der Waals surface area contributed by atoms with Crippen LogP contribution in [0.15, 0.2) is 0 Å². The first-order chi connectivity index (χ1) is 5.92. The Morgan fingerprint density at radius 2 is 2.15 bits per heavy atom. The summed E-state index contributed by atoms with van der Waals surface area (Å²) in [4.78, 5) is 2.26. The van der Waals surface area contributed by atoms with Crippen LogP contribution < -0.4 is 5.32 Å². The highest BCUT2D eigenvalue weighted by atomic mass is 19.1. The smallest absolute Gasteiger partial charge is 0.141 e. The zero-order valence-electron chi connectivity index (χ0n) is 8.73. The van der Waals surface area contributed by atoms with Gasteiger partial charge in [0.1, 0.15) is 5.67 Å². The van der Waals surface area contributed by atoms with Crippen molar-refractivity contribution < 1.29 is 4.39 Å². The monoisotopic (exact) mass is 186 g/mol. The molecule has 0 aromatic rings. The lowest BCUT2D eigenvalue weighted by Gasteiger charge is -2.32. The Morgan fingerprint density at radius 3 is 2.69 bits per heavy atom. The Labute approximate surface area is 79.5 Å². The number of nitrogens with one attached hydrogen (secondary N) is 1. The molecule has 2 heterocycles. The van der Waals surface area contributed by atoms with Crippen LogP contribution in [0.5, 0.6) is 0 Å². The molecule has 0 aliphatic carbocycles. The van der Waals surface area contributed by atoms with Gasteiger partial charge in [-0.05, 0) is 20.8 Å². The lowest BCUT2D eigenvalue weighted by molar-refractivity contribution is 0.122.